The van der Waals surface area contributed by atoms with E-state index in [1.54, 1.807) is 0 Å². The molecule has 5 nitrogen and oxygen atoms in total. The van der Waals surface area contributed by atoms with Gasteiger partial charge in [-0.1, -0.05) is 6.92 Å². The number of nitrogens with one attached hydrogen (secondary N) is 1. The summed E-state index contributed by atoms with van der Waals surface area (Å²) in [5.41, 5.74) is 5.65. The molecule has 0 saturated heterocycles. The average molecular weight is 268 g/mol. The maximum atomic E-state index is 13.2. The summed E-state index contributed by atoms with van der Waals surface area (Å²) in [6.07, 6.45) is 0.561. The van der Waals surface area contributed by atoms with Crippen LogP contribution in [0.2, 0.25) is 0 Å². The van der Waals surface area contributed by atoms with Crippen molar-refractivity contribution in [1.82, 2.24) is 0 Å². The Morgan fingerprint density at radius 3 is 2.68 bits per heavy atom. The molecule has 3 N–H and O–H groups in total. The Morgan fingerprint density at radius 2 is 2.16 bits per heavy atom. The van der Waals surface area contributed by atoms with Gasteiger partial charge in [-0.15, -0.1) is 0 Å². The molecule has 0 saturated carbocycles. The van der Waals surface area contributed by atoms with Gasteiger partial charge in [-0.05, 0) is 24.6 Å². The topological polar surface area (TPSA) is 81.4 Å². The minimum absolute atomic E-state index is 0.0868. The molecule has 6 heteroatoms. The first-order valence-electron chi connectivity index (χ1n) is 5.92. The lowest BCUT2D eigenvalue weighted by molar-refractivity contribution is -0.119. The molecule has 1 rings (SSSR count). The second-order valence-corrected chi connectivity index (χ2v) is 4.01. The first kappa shape index (κ1) is 15.1. The summed E-state index contributed by atoms with van der Waals surface area (Å²) in [7, 11) is 1.21. The number of hydrogen-bond donors (Lipinski definition) is 2. The van der Waals surface area contributed by atoms with E-state index in [2.05, 4.69) is 10.1 Å². The number of anilines is 1. The van der Waals surface area contributed by atoms with Gasteiger partial charge >= 0.3 is 5.97 Å². The minimum atomic E-state index is -0.643. The zero-order valence-corrected chi connectivity index (χ0v) is 10.9. The zero-order valence-electron chi connectivity index (χ0n) is 10.9. The van der Waals surface area contributed by atoms with Gasteiger partial charge in [0.25, 0.3) is 0 Å². The van der Waals surface area contributed by atoms with E-state index in [1.807, 2.05) is 6.92 Å². The van der Waals surface area contributed by atoms with Crippen molar-refractivity contribution < 1.29 is 18.7 Å². The molecule has 1 amide bonds. The molecule has 104 valence electrons. The summed E-state index contributed by atoms with van der Waals surface area (Å²) < 4.78 is 17.8. The first-order chi connectivity index (χ1) is 9.03. The van der Waals surface area contributed by atoms with Crippen molar-refractivity contribution in [2.45, 2.75) is 13.3 Å². The highest BCUT2D eigenvalue weighted by Crippen LogP contribution is 2.19. The molecule has 1 atom stereocenters. The van der Waals surface area contributed by atoms with Crippen LogP contribution in [0.3, 0.4) is 0 Å². The average Bonchev–Trinajstić information content (AvgIpc) is 2.39. The molecule has 1 aromatic carbocycles. The molecule has 0 aliphatic heterocycles. The van der Waals surface area contributed by atoms with Gasteiger partial charge in [-0.2, -0.15) is 0 Å². The highest BCUT2D eigenvalue weighted by molar-refractivity contribution is 6.01. The maximum absolute atomic E-state index is 13.2. The van der Waals surface area contributed by atoms with Crippen LogP contribution in [0.4, 0.5) is 10.1 Å². The van der Waals surface area contributed by atoms with Crippen LogP contribution in [0.5, 0.6) is 0 Å². The van der Waals surface area contributed by atoms with E-state index in [0.717, 1.165) is 12.1 Å². The van der Waals surface area contributed by atoms with Crippen molar-refractivity contribution in [3.05, 3.63) is 29.6 Å². The number of esters is 1. The van der Waals surface area contributed by atoms with Crippen LogP contribution >= 0.6 is 0 Å². The van der Waals surface area contributed by atoms with Gasteiger partial charge in [0.2, 0.25) is 5.91 Å². The summed E-state index contributed by atoms with van der Waals surface area (Å²) in [6.45, 7) is 2.01. The molecule has 1 aromatic rings. The molecule has 19 heavy (non-hydrogen) atoms. The maximum Gasteiger partial charge on any atom is 0.339 e. The Kier molecular flexibility index (Phi) is 5.44. The number of hydrogen-bond acceptors (Lipinski definition) is 4. The van der Waals surface area contributed by atoms with Crippen molar-refractivity contribution in [2.75, 3.05) is 19.0 Å². The van der Waals surface area contributed by atoms with E-state index < -0.39 is 11.8 Å². The van der Waals surface area contributed by atoms with Gasteiger partial charge < -0.3 is 15.8 Å². The Morgan fingerprint density at radius 1 is 1.47 bits per heavy atom. The molecule has 0 aliphatic rings. The lowest BCUT2D eigenvalue weighted by atomic mass is 10.1. The third-order valence-corrected chi connectivity index (χ3v) is 2.79. The number of methoxy groups -OCH3 is 1. The third kappa shape index (κ3) is 3.75. The van der Waals surface area contributed by atoms with Crippen molar-refractivity contribution >= 4 is 17.6 Å². The Bertz CT molecular complexity index is 473. The number of carbonyl (C=O) groups excluding carboxylic acids is 2. The van der Waals surface area contributed by atoms with Crippen molar-refractivity contribution in [3.63, 3.8) is 0 Å². The van der Waals surface area contributed by atoms with E-state index in [1.165, 1.54) is 13.2 Å². The van der Waals surface area contributed by atoms with E-state index in [9.17, 15) is 14.0 Å². The van der Waals surface area contributed by atoms with Crippen molar-refractivity contribution in [1.29, 1.82) is 0 Å². The van der Waals surface area contributed by atoms with Crippen LogP contribution in [0, 0.1) is 11.7 Å². The number of ether oxygens (including phenoxy) is 1. The summed E-state index contributed by atoms with van der Waals surface area (Å²) >= 11 is 0. The van der Waals surface area contributed by atoms with Crippen molar-refractivity contribution in [3.8, 4) is 0 Å². The second-order valence-electron chi connectivity index (χ2n) is 4.01. The summed E-state index contributed by atoms with van der Waals surface area (Å²) in [4.78, 5) is 23.4. The third-order valence-electron chi connectivity index (χ3n) is 2.79. The van der Waals surface area contributed by atoms with Gasteiger partial charge in [0.15, 0.2) is 0 Å². The Balaban J connectivity index is 3.02. The lowest BCUT2D eigenvalue weighted by Gasteiger charge is -2.14. The largest absolute Gasteiger partial charge is 0.465 e. The summed E-state index contributed by atoms with van der Waals surface area (Å²) in [5.74, 6) is -1.92. The molecule has 0 aromatic heterocycles. The highest BCUT2D eigenvalue weighted by Gasteiger charge is 2.19. The molecule has 1 unspecified atom stereocenters. The molecular formula is C13H17FN2O3. The number of nitrogens with two attached hydrogens (primary N) is 1. The van der Waals surface area contributed by atoms with Crippen LogP contribution in [-0.4, -0.2) is 25.5 Å². The zero-order chi connectivity index (χ0) is 14.4. The molecular weight excluding hydrogens is 251 g/mol. The van der Waals surface area contributed by atoms with Gasteiger partial charge in [0, 0.05) is 6.54 Å². The van der Waals surface area contributed by atoms with Crippen LogP contribution in [-0.2, 0) is 9.53 Å². The number of halogens is 1. The highest BCUT2D eigenvalue weighted by atomic mass is 19.1. The van der Waals surface area contributed by atoms with Gasteiger partial charge in [0.1, 0.15) is 5.82 Å². The predicted molar refractivity (Wildman–Crippen MR) is 69.2 cm³/mol. The van der Waals surface area contributed by atoms with E-state index >= 15 is 0 Å². The molecule has 0 heterocycles. The fourth-order valence-electron chi connectivity index (χ4n) is 1.60. The minimum Gasteiger partial charge on any atom is -0.465 e. The fourth-order valence-corrected chi connectivity index (χ4v) is 1.60. The molecule has 0 spiro atoms. The summed E-state index contributed by atoms with van der Waals surface area (Å²) in [6, 6.07) is 3.47. The quantitative estimate of drug-likeness (QED) is 0.794. The number of benzene rings is 1. The van der Waals surface area contributed by atoms with Crippen LogP contribution in [0.25, 0.3) is 0 Å². The molecule has 0 radical (unpaired) electrons. The summed E-state index contributed by atoms with van der Waals surface area (Å²) in [5, 5.41) is 2.51. The van der Waals surface area contributed by atoms with Crippen LogP contribution in [0.1, 0.15) is 23.7 Å². The smallest absolute Gasteiger partial charge is 0.339 e. The Hall–Kier alpha value is -1.95. The normalized spacial score (nSPS) is 11.8. The van der Waals surface area contributed by atoms with E-state index in [4.69, 9.17) is 5.73 Å². The van der Waals surface area contributed by atoms with Crippen molar-refractivity contribution in [2.24, 2.45) is 11.7 Å². The van der Waals surface area contributed by atoms with Gasteiger partial charge in [0.05, 0.1) is 24.3 Å². The monoisotopic (exact) mass is 268 g/mol. The SMILES string of the molecule is CCC(CN)C(=O)Nc1cc(F)ccc1C(=O)OC. The first-order valence-corrected chi connectivity index (χ1v) is 5.92. The van der Waals surface area contributed by atoms with Crippen LogP contribution < -0.4 is 11.1 Å². The van der Waals surface area contributed by atoms with Gasteiger partial charge in [-0.25, -0.2) is 9.18 Å². The predicted octanol–water partition coefficient (Wildman–Crippen LogP) is 1.54. The fraction of sp³-hybridized carbons (Fsp3) is 0.385. The second kappa shape index (κ2) is 6.84. The Labute approximate surface area is 110 Å². The van der Waals surface area contributed by atoms with Crippen LogP contribution in [0.15, 0.2) is 18.2 Å². The number of amides is 1. The molecule has 0 aliphatic carbocycles. The number of rotatable bonds is 5. The van der Waals surface area contributed by atoms with E-state index in [0.29, 0.717) is 6.42 Å². The van der Waals surface area contributed by atoms with E-state index in [-0.39, 0.29) is 29.6 Å². The lowest BCUT2D eigenvalue weighted by Crippen LogP contribution is -2.29. The van der Waals surface area contributed by atoms with Gasteiger partial charge in [-0.3, -0.25) is 4.79 Å². The molecule has 0 bridgehead atoms. The molecule has 0 fully saturated rings. The number of carbonyl (C=O) groups is 2. The standard InChI is InChI=1S/C13H17FN2O3/c1-3-8(7-15)12(17)16-11-6-9(14)4-5-10(11)13(18)19-2/h4-6,8H,3,7,15H2,1-2H3,(H,16,17).